The van der Waals surface area contributed by atoms with E-state index in [2.05, 4.69) is 39.2 Å². The topological polar surface area (TPSA) is 64.6 Å². The molecule has 1 N–H and O–H groups in total. The van der Waals surface area contributed by atoms with Gasteiger partial charge in [-0.2, -0.15) is 0 Å². The lowest BCUT2D eigenvalue weighted by Gasteiger charge is -2.39. The van der Waals surface area contributed by atoms with E-state index in [4.69, 9.17) is 9.97 Å². The van der Waals surface area contributed by atoms with Crippen LogP contribution < -0.4 is 10.2 Å². The van der Waals surface area contributed by atoms with E-state index in [1.54, 1.807) is 0 Å². The molecule has 206 valence electrons. The zero-order chi connectivity index (χ0) is 27.3. The van der Waals surface area contributed by atoms with Crippen molar-refractivity contribution in [3.8, 4) is 11.1 Å². The summed E-state index contributed by atoms with van der Waals surface area (Å²) >= 11 is 0. The van der Waals surface area contributed by atoms with Gasteiger partial charge in [-0.1, -0.05) is 48.5 Å². The van der Waals surface area contributed by atoms with Crippen LogP contribution in [0, 0.1) is 5.92 Å². The lowest BCUT2D eigenvalue weighted by molar-refractivity contribution is -0.115. The number of hydrogen-bond donors (Lipinski definition) is 1. The normalized spacial score (nSPS) is 18.6. The average molecular weight is 535 g/mol. The molecule has 2 aliphatic heterocycles. The molecule has 7 nitrogen and oxygen atoms in total. The van der Waals surface area contributed by atoms with E-state index in [1.807, 2.05) is 66.9 Å². The Morgan fingerprint density at radius 1 is 0.900 bits per heavy atom. The lowest BCUT2D eigenvalue weighted by Crippen LogP contribution is -2.49. The van der Waals surface area contributed by atoms with Crippen LogP contribution in [0.2, 0.25) is 0 Å². The quantitative estimate of drug-likeness (QED) is 0.362. The number of piperazine rings is 1. The summed E-state index contributed by atoms with van der Waals surface area (Å²) in [5, 5.41) is 3.00. The molecule has 2 saturated heterocycles. The third-order valence-electron chi connectivity index (χ3n) is 8.17. The lowest BCUT2D eigenvalue weighted by atomic mass is 9.97. The summed E-state index contributed by atoms with van der Waals surface area (Å²) in [5.74, 6) is 1.73. The molecule has 1 unspecified atom stereocenters. The molecule has 2 aliphatic rings. The van der Waals surface area contributed by atoms with Gasteiger partial charge in [0.15, 0.2) is 0 Å². The third-order valence-corrected chi connectivity index (χ3v) is 8.17. The van der Waals surface area contributed by atoms with Gasteiger partial charge < -0.3 is 15.1 Å². The van der Waals surface area contributed by atoms with E-state index in [1.165, 1.54) is 32.5 Å². The van der Waals surface area contributed by atoms with Crippen LogP contribution in [-0.4, -0.2) is 78.5 Å². The molecule has 40 heavy (non-hydrogen) atoms. The predicted molar refractivity (Wildman–Crippen MR) is 163 cm³/mol. The molecule has 0 saturated carbocycles. The summed E-state index contributed by atoms with van der Waals surface area (Å²) in [6, 6.07) is 24.0. The number of benzene rings is 3. The zero-order valence-electron chi connectivity index (χ0n) is 23.3. The summed E-state index contributed by atoms with van der Waals surface area (Å²) in [6.45, 7) is 7.80. The molecule has 3 heterocycles. The van der Waals surface area contributed by atoms with Crippen molar-refractivity contribution in [3.05, 3.63) is 84.6 Å². The summed E-state index contributed by atoms with van der Waals surface area (Å²) in [4.78, 5) is 29.6. The van der Waals surface area contributed by atoms with Crippen LogP contribution in [0.1, 0.15) is 18.4 Å². The minimum Gasteiger partial charge on any atom is -0.353 e. The maximum absolute atomic E-state index is 12.4. The fourth-order valence-corrected chi connectivity index (χ4v) is 6.01. The fourth-order valence-electron chi connectivity index (χ4n) is 6.01. The molecule has 6 rings (SSSR count). The molecule has 2 fully saturated rings. The summed E-state index contributed by atoms with van der Waals surface area (Å²) in [5.41, 5.74) is 5.77. The summed E-state index contributed by atoms with van der Waals surface area (Å²) in [7, 11) is 2.25. The number of carbonyl (C=O) groups is 1. The summed E-state index contributed by atoms with van der Waals surface area (Å²) < 4.78 is 0. The number of hydrogen-bond acceptors (Lipinski definition) is 6. The van der Waals surface area contributed by atoms with E-state index < -0.39 is 0 Å². The van der Waals surface area contributed by atoms with Gasteiger partial charge in [-0.25, -0.2) is 4.98 Å². The van der Waals surface area contributed by atoms with E-state index in [9.17, 15) is 4.79 Å². The minimum atomic E-state index is -0.0186. The van der Waals surface area contributed by atoms with E-state index in [-0.39, 0.29) is 5.91 Å². The van der Waals surface area contributed by atoms with Crippen molar-refractivity contribution in [2.45, 2.75) is 19.3 Å². The van der Waals surface area contributed by atoms with Gasteiger partial charge >= 0.3 is 0 Å². The molecule has 1 amide bonds. The molecule has 0 bridgehead atoms. The van der Waals surface area contributed by atoms with Crippen molar-refractivity contribution >= 4 is 28.4 Å². The first kappa shape index (κ1) is 26.4. The van der Waals surface area contributed by atoms with Crippen LogP contribution in [0.15, 0.2) is 79.0 Å². The first-order chi connectivity index (χ1) is 19.6. The highest BCUT2D eigenvalue weighted by Gasteiger charge is 2.24. The van der Waals surface area contributed by atoms with Gasteiger partial charge in [-0.3, -0.25) is 14.7 Å². The first-order valence-corrected chi connectivity index (χ1v) is 14.5. The number of anilines is 2. The fraction of sp³-hybridized carbons (Fsp3) is 0.364. The number of piperidine rings is 1. The molecule has 0 spiro atoms. The van der Waals surface area contributed by atoms with Crippen LogP contribution in [0.5, 0.6) is 0 Å². The standard InChI is InChI=1S/C33H38N6O/c1-37-15-5-8-26(23-37)24-38-16-18-39(19-17-38)32-22-34-30-14-11-28(21-31(30)36-32)27-9-12-29(13-10-27)35-33(40)20-25-6-3-2-4-7-25/h2-4,6-7,9-14,21-22,26H,5,8,15-20,23-24H2,1H3,(H,35,40). The van der Waals surface area contributed by atoms with Crippen molar-refractivity contribution in [1.29, 1.82) is 0 Å². The molecule has 7 heteroatoms. The Morgan fingerprint density at radius 2 is 1.68 bits per heavy atom. The number of nitrogens with zero attached hydrogens (tertiary/aromatic N) is 5. The van der Waals surface area contributed by atoms with Crippen LogP contribution >= 0.6 is 0 Å². The molecule has 4 aromatic rings. The Labute approximate surface area is 236 Å². The number of aromatic nitrogens is 2. The molecule has 1 atom stereocenters. The molecule has 0 aliphatic carbocycles. The number of carbonyl (C=O) groups excluding carboxylic acids is 1. The highest BCUT2D eigenvalue weighted by molar-refractivity contribution is 5.92. The monoisotopic (exact) mass is 534 g/mol. The number of rotatable bonds is 7. The predicted octanol–water partition coefficient (Wildman–Crippen LogP) is 4.94. The largest absolute Gasteiger partial charge is 0.353 e. The van der Waals surface area contributed by atoms with Crippen molar-refractivity contribution in [3.63, 3.8) is 0 Å². The van der Waals surface area contributed by atoms with Crippen LogP contribution in [0.4, 0.5) is 11.5 Å². The number of nitrogens with one attached hydrogen (secondary N) is 1. The average Bonchev–Trinajstić information content (AvgIpc) is 2.98. The van der Waals surface area contributed by atoms with Crippen LogP contribution in [0.25, 0.3) is 22.2 Å². The molecular formula is C33H38N6O. The molecular weight excluding hydrogens is 496 g/mol. The molecule has 1 aromatic heterocycles. The highest BCUT2D eigenvalue weighted by atomic mass is 16.1. The second kappa shape index (κ2) is 12.1. The second-order valence-electron chi connectivity index (χ2n) is 11.3. The maximum Gasteiger partial charge on any atom is 0.228 e. The SMILES string of the molecule is CN1CCCC(CN2CCN(c3cnc4ccc(-c5ccc(NC(=O)Cc6ccccc6)cc5)cc4n3)CC2)C1. The molecule has 0 radical (unpaired) electrons. The van der Waals surface area contributed by atoms with E-state index in [0.29, 0.717) is 6.42 Å². The van der Waals surface area contributed by atoms with Gasteiger partial charge in [-0.15, -0.1) is 0 Å². The third kappa shape index (κ3) is 6.49. The van der Waals surface area contributed by atoms with Crippen molar-refractivity contribution in [1.82, 2.24) is 19.8 Å². The van der Waals surface area contributed by atoms with Gasteiger partial charge in [0, 0.05) is 45.0 Å². The van der Waals surface area contributed by atoms with Gasteiger partial charge in [0.1, 0.15) is 5.82 Å². The number of fused-ring (bicyclic) bond motifs is 1. The first-order valence-electron chi connectivity index (χ1n) is 14.5. The Hall–Kier alpha value is -3.81. The second-order valence-corrected chi connectivity index (χ2v) is 11.3. The van der Waals surface area contributed by atoms with Crippen LogP contribution in [-0.2, 0) is 11.2 Å². The van der Waals surface area contributed by atoms with Gasteiger partial charge in [-0.05, 0) is 73.3 Å². The van der Waals surface area contributed by atoms with Gasteiger partial charge in [0.25, 0.3) is 0 Å². The highest BCUT2D eigenvalue weighted by Crippen LogP contribution is 2.26. The minimum absolute atomic E-state index is 0.0186. The summed E-state index contributed by atoms with van der Waals surface area (Å²) in [6.07, 6.45) is 4.96. The van der Waals surface area contributed by atoms with Crippen molar-refractivity contribution in [2.24, 2.45) is 5.92 Å². The zero-order valence-corrected chi connectivity index (χ0v) is 23.3. The van der Waals surface area contributed by atoms with Crippen molar-refractivity contribution in [2.75, 3.05) is 63.1 Å². The Balaban J connectivity index is 1.08. The Kier molecular flexibility index (Phi) is 8.02. The number of amides is 1. The smallest absolute Gasteiger partial charge is 0.228 e. The molecule has 3 aromatic carbocycles. The maximum atomic E-state index is 12.4. The van der Waals surface area contributed by atoms with E-state index >= 15 is 0 Å². The Morgan fingerprint density at radius 3 is 2.45 bits per heavy atom. The number of likely N-dealkylation sites (tertiary alicyclic amines) is 1. The van der Waals surface area contributed by atoms with Gasteiger partial charge in [0.2, 0.25) is 5.91 Å². The van der Waals surface area contributed by atoms with E-state index in [0.717, 1.165) is 71.3 Å². The van der Waals surface area contributed by atoms with Crippen LogP contribution in [0.3, 0.4) is 0 Å². The van der Waals surface area contributed by atoms with Crippen molar-refractivity contribution < 1.29 is 4.79 Å². The van der Waals surface area contributed by atoms with Gasteiger partial charge in [0.05, 0.1) is 23.7 Å². The Bertz CT molecular complexity index is 1430.